The molecule has 3 aromatic rings. The van der Waals surface area contributed by atoms with Crippen LogP contribution in [-0.4, -0.2) is 31.6 Å². The average Bonchev–Trinajstić information content (AvgIpc) is 3.07. The summed E-state index contributed by atoms with van der Waals surface area (Å²) in [7, 11) is -1.17. The fourth-order valence-electron chi connectivity index (χ4n) is 2.42. The van der Waals surface area contributed by atoms with Gasteiger partial charge < -0.3 is 9.47 Å². The lowest BCUT2D eigenvalue weighted by Crippen LogP contribution is -2.14. The lowest BCUT2D eigenvalue weighted by Gasteiger charge is -2.12. The predicted molar refractivity (Wildman–Crippen MR) is 89.8 cm³/mol. The lowest BCUT2D eigenvalue weighted by atomic mass is 10.1. The van der Waals surface area contributed by atoms with Gasteiger partial charge in [-0.3, -0.25) is 0 Å². The monoisotopic (exact) mass is 362 g/mol. The molecule has 0 aliphatic carbocycles. The van der Waals surface area contributed by atoms with Gasteiger partial charge in [-0.1, -0.05) is 12.1 Å². The van der Waals surface area contributed by atoms with E-state index in [-0.39, 0.29) is 21.9 Å². The van der Waals surface area contributed by atoms with E-state index >= 15 is 0 Å². The Bertz CT molecular complexity index is 998. The van der Waals surface area contributed by atoms with E-state index in [1.54, 1.807) is 6.07 Å². The molecule has 6 nitrogen and oxygen atoms in total. The van der Waals surface area contributed by atoms with Crippen molar-refractivity contribution in [3.05, 3.63) is 60.7 Å². The summed E-state index contributed by atoms with van der Waals surface area (Å²) in [5.74, 6) is -0.0164. The van der Waals surface area contributed by atoms with E-state index in [9.17, 15) is 12.8 Å². The first kappa shape index (κ1) is 17.0. The van der Waals surface area contributed by atoms with Gasteiger partial charge in [0.25, 0.3) is 10.0 Å². The van der Waals surface area contributed by atoms with Crippen LogP contribution in [0.5, 0.6) is 11.6 Å². The Labute approximate surface area is 144 Å². The Morgan fingerprint density at radius 2 is 1.80 bits per heavy atom. The molecule has 0 atom stereocenters. The second kappa shape index (κ2) is 6.56. The first-order valence-corrected chi connectivity index (χ1v) is 8.69. The normalized spacial score (nSPS) is 11.3. The van der Waals surface area contributed by atoms with Gasteiger partial charge in [-0.15, -0.1) is 0 Å². The van der Waals surface area contributed by atoms with E-state index in [0.717, 1.165) is 3.97 Å². The minimum atomic E-state index is -4.00. The maximum atomic E-state index is 14.2. The van der Waals surface area contributed by atoms with Crippen LogP contribution in [0.15, 0.2) is 59.8 Å². The topological polar surface area (TPSA) is 70.4 Å². The van der Waals surface area contributed by atoms with Crippen LogP contribution < -0.4 is 9.47 Å². The first-order chi connectivity index (χ1) is 12.0. The number of hydrogen-bond acceptors (Lipinski definition) is 5. The number of rotatable bonds is 5. The quantitative estimate of drug-likeness (QED) is 0.698. The molecule has 0 amide bonds. The zero-order valence-corrected chi connectivity index (χ0v) is 14.3. The molecule has 0 aliphatic rings. The van der Waals surface area contributed by atoms with Crippen LogP contribution in [0.25, 0.3) is 11.3 Å². The van der Waals surface area contributed by atoms with Crippen LogP contribution in [0.4, 0.5) is 4.39 Å². The van der Waals surface area contributed by atoms with Crippen molar-refractivity contribution in [2.75, 3.05) is 14.2 Å². The molecule has 0 radical (unpaired) electrons. The van der Waals surface area contributed by atoms with Gasteiger partial charge in [-0.25, -0.2) is 21.8 Å². The molecule has 0 aliphatic heterocycles. The Hall–Kier alpha value is -2.87. The van der Waals surface area contributed by atoms with Crippen molar-refractivity contribution in [1.29, 1.82) is 0 Å². The Kier molecular flexibility index (Phi) is 4.45. The zero-order valence-electron chi connectivity index (χ0n) is 13.5. The Balaban J connectivity index is 2.20. The largest absolute Gasteiger partial charge is 0.494 e. The third-order valence-electron chi connectivity index (χ3n) is 3.64. The van der Waals surface area contributed by atoms with Crippen LogP contribution in [0, 0.1) is 5.82 Å². The fourth-order valence-corrected chi connectivity index (χ4v) is 3.72. The maximum Gasteiger partial charge on any atom is 0.269 e. The van der Waals surface area contributed by atoms with Gasteiger partial charge in [-0.05, 0) is 24.3 Å². The van der Waals surface area contributed by atoms with Crippen LogP contribution in [-0.2, 0) is 10.0 Å². The van der Waals surface area contributed by atoms with E-state index in [1.807, 2.05) is 0 Å². The number of pyridine rings is 1. The van der Waals surface area contributed by atoms with Crippen LogP contribution in [0.3, 0.4) is 0 Å². The third-order valence-corrected chi connectivity index (χ3v) is 5.30. The van der Waals surface area contributed by atoms with Gasteiger partial charge in [0.2, 0.25) is 5.88 Å². The highest BCUT2D eigenvalue weighted by atomic mass is 32.2. The first-order valence-electron chi connectivity index (χ1n) is 7.25. The summed E-state index contributed by atoms with van der Waals surface area (Å²) in [5, 5.41) is 0. The maximum absolute atomic E-state index is 14.2. The van der Waals surface area contributed by atoms with Crippen LogP contribution >= 0.6 is 0 Å². The number of aromatic nitrogens is 2. The zero-order chi connectivity index (χ0) is 18.0. The molecule has 3 rings (SSSR count). The minimum absolute atomic E-state index is 0.0517. The van der Waals surface area contributed by atoms with Crippen molar-refractivity contribution in [3.63, 3.8) is 0 Å². The minimum Gasteiger partial charge on any atom is -0.494 e. The molecule has 0 fully saturated rings. The molecule has 8 heteroatoms. The molecule has 25 heavy (non-hydrogen) atoms. The number of hydrogen-bond donors (Lipinski definition) is 0. The van der Waals surface area contributed by atoms with Crippen molar-refractivity contribution in [1.82, 2.24) is 8.96 Å². The van der Waals surface area contributed by atoms with Crippen LogP contribution in [0.2, 0.25) is 0 Å². The number of nitrogens with zero attached hydrogens (tertiary/aromatic N) is 2. The van der Waals surface area contributed by atoms with Gasteiger partial charge in [0.15, 0.2) is 0 Å². The lowest BCUT2D eigenvalue weighted by molar-refractivity contribution is 0.397. The van der Waals surface area contributed by atoms with Gasteiger partial charge in [0.05, 0.1) is 20.4 Å². The molecule has 2 heterocycles. The summed E-state index contributed by atoms with van der Waals surface area (Å²) in [6.07, 6.45) is 2.51. The van der Waals surface area contributed by atoms with Gasteiger partial charge >= 0.3 is 0 Å². The molecule has 130 valence electrons. The van der Waals surface area contributed by atoms with Crippen LogP contribution in [0.1, 0.15) is 0 Å². The second-order valence-electron chi connectivity index (χ2n) is 5.05. The Morgan fingerprint density at radius 1 is 1.04 bits per heavy atom. The second-order valence-corrected chi connectivity index (χ2v) is 6.86. The van der Waals surface area contributed by atoms with Crippen molar-refractivity contribution < 1.29 is 22.3 Å². The summed E-state index contributed by atoms with van der Waals surface area (Å²) in [4.78, 5) is 3.86. The summed E-state index contributed by atoms with van der Waals surface area (Å²) in [5.41, 5.74) is 0.228. The number of ether oxygens (including phenoxy) is 2. The van der Waals surface area contributed by atoms with Crippen molar-refractivity contribution in [2.45, 2.75) is 4.90 Å². The Morgan fingerprint density at radius 3 is 2.40 bits per heavy atom. The molecule has 0 saturated carbocycles. The van der Waals surface area contributed by atoms with E-state index < -0.39 is 15.8 Å². The standard InChI is InChI=1S/C17H15FN2O4S/c1-23-15-9-10-20(17(15)13-5-3-4-6-14(13)18)25(21,22)12-7-8-16(24-2)19-11-12/h3-11H,1-2H3. The van der Waals surface area contributed by atoms with Gasteiger partial charge in [0, 0.05) is 17.8 Å². The molecular weight excluding hydrogens is 347 g/mol. The molecular formula is C17H15FN2O4S. The summed E-state index contributed by atoms with van der Waals surface area (Å²) >= 11 is 0. The van der Waals surface area contributed by atoms with Gasteiger partial charge in [-0.2, -0.15) is 0 Å². The van der Waals surface area contributed by atoms with Crippen molar-refractivity contribution >= 4 is 10.0 Å². The highest BCUT2D eigenvalue weighted by Gasteiger charge is 2.25. The SMILES string of the molecule is COc1ccc(S(=O)(=O)n2ccc(OC)c2-c2ccccc2F)cn1. The van der Waals surface area contributed by atoms with E-state index in [2.05, 4.69) is 4.98 Å². The van der Waals surface area contributed by atoms with Gasteiger partial charge in [0.1, 0.15) is 22.2 Å². The number of benzene rings is 1. The summed E-state index contributed by atoms with van der Waals surface area (Å²) in [6.45, 7) is 0. The average molecular weight is 362 g/mol. The molecule has 0 unspecified atom stereocenters. The van der Waals surface area contributed by atoms with E-state index in [1.165, 1.54) is 63.0 Å². The van der Waals surface area contributed by atoms with E-state index in [4.69, 9.17) is 9.47 Å². The third kappa shape index (κ3) is 2.96. The van der Waals surface area contributed by atoms with Crippen molar-refractivity contribution in [2.24, 2.45) is 0 Å². The fraction of sp³-hybridized carbons (Fsp3) is 0.118. The summed E-state index contributed by atoms with van der Waals surface area (Å²) < 4.78 is 51.3. The highest BCUT2D eigenvalue weighted by molar-refractivity contribution is 7.90. The van der Waals surface area contributed by atoms with Crippen molar-refractivity contribution in [3.8, 4) is 22.9 Å². The highest BCUT2D eigenvalue weighted by Crippen LogP contribution is 2.35. The number of methoxy groups -OCH3 is 2. The molecule has 1 aromatic carbocycles. The molecule has 0 spiro atoms. The molecule has 0 bridgehead atoms. The molecule has 0 N–H and O–H groups in total. The molecule has 2 aromatic heterocycles. The summed E-state index contributed by atoms with van der Waals surface area (Å²) in [6, 6.07) is 10.2. The van der Waals surface area contributed by atoms with E-state index in [0.29, 0.717) is 5.88 Å². The smallest absolute Gasteiger partial charge is 0.269 e. The number of halogens is 1. The predicted octanol–water partition coefficient (Wildman–Crippen LogP) is 2.94. The molecule has 0 saturated heterocycles.